The van der Waals surface area contributed by atoms with Gasteiger partial charge in [-0.2, -0.15) is 0 Å². The average Bonchev–Trinajstić information content (AvgIpc) is 2.29. The number of fused-ring (bicyclic) bond motifs is 1. The second-order valence-corrected chi connectivity index (χ2v) is 4.08. The number of carbonyl (C=O) groups excluding carboxylic acids is 1. The van der Waals surface area contributed by atoms with Crippen molar-refractivity contribution in [2.45, 2.75) is 6.92 Å². The molecule has 5 nitrogen and oxygen atoms in total. The normalized spacial score (nSPS) is 10.5. The Balaban J connectivity index is 2.85. The molecule has 0 spiro atoms. The Kier molecular flexibility index (Phi) is 2.87. The number of hydrogen-bond acceptors (Lipinski definition) is 3. The Morgan fingerprint density at radius 2 is 2.18 bits per heavy atom. The number of hydrazine groups is 1. The third-order valence-electron chi connectivity index (χ3n) is 2.46. The monoisotopic (exact) mass is 251 g/mol. The molecule has 1 heterocycles. The first-order valence-corrected chi connectivity index (χ1v) is 5.25. The lowest BCUT2D eigenvalue weighted by Gasteiger charge is -2.05. The lowest BCUT2D eigenvalue weighted by molar-refractivity contribution is 0.0952. The van der Waals surface area contributed by atoms with E-state index in [1.165, 1.54) is 6.20 Å². The third kappa shape index (κ3) is 1.90. The Bertz CT molecular complexity index is 664. The van der Waals surface area contributed by atoms with Crippen molar-refractivity contribution in [2.24, 2.45) is 5.84 Å². The largest absolute Gasteiger partial charge is 0.359 e. The van der Waals surface area contributed by atoms with Gasteiger partial charge in [-0.25, -0.2) is 5.84 Å². The second kappa shape index (κ2) is 4.20. The maximum Gasteiger partial charge on any atom is 0.270 e. The molecule has 0 radical (unpaired) electrons. The molecule has 4 N–H and O–H groups in total. The molecular weight excluding hydrogens is 242 g/mol. The van der Waals surface area contributed by atoms with Crippen LogP contribution in [0.15, 0.2) is 23.1 Å². The SMILES string of the molecule is Cc1cc(Cl)c2[nH]cc(C(=O)NN)c(=O)c2c1. The third-order valence-corrected chi connectivity index (χ3v) is 2.76. The van der Waals surface area contributed by atoms with Crippen molar-refractivity contribution in [1.82, 2.24) is 10.4 Å². The van der Waals surface area contributed by atoms with E-state index in [0.29, 0.717) is 15.9 Å². The molecule has 1 aromatic heterocycles. The lowest BCUT2D eigenvalue weighted by Crippen LogP contribution is -2.33. The summed E-state index contributed by atoms with van der Waals surface area (Å²) >= 11 is 6.00. The van der Waals surface area contributed by atoms with Crippen LogP contribution in [-0.2, 0) is 0 Å². The number of aromatic amines is 1. The minimum atomic E-state index is -0.634. The summed E-state index contributed by atoms with van der Waals surface area (Å²) in [7, 11) is 0. The molecule has 0 saturated carbocycles. The predicted octanol–water partition coefficient (Wildman–Crippen LogP) is 1.09. The quantitative estimate of drug-likeness (QED) is 0.403. The molecule has 1 aromatic carbocycles. The van der Waals surface area contributed by atoms with Crippen LogP contribution in [0.5, 0.6) is 0 Å². The van der Waals surface area contributed by atoms with Crippen molar-refractivity contribution in [3.05, 3.63) is 44.7 Å². The number of H-pyrrole nitrogens is 1. The first-order valence-electron chi connectivity index (χ1n) is 4.87. The highest BCUT2D eigenvalue weighted by Gasteiger charge is 2.13. The van der Waals surface area contributed by atoms with Gasteiger partial charge in [-0.3, -0.25) is 15.0 Å². The van der Waals surface area contributed by atoms with Crippen molar-refractivity contribution >= 4 is 28.4 Å². The molecule has 0 fully saturated rings. The van der Waals surface area contributed by atoms with Crippen molar-refractivity contribution in [2.75, 3.05) is 0 Å². The first-order chi connectivity index (χ1) is 8.04. The van der Waals surface area contributed by atoms with Gasteiger partial charge in [0, 0.05) is 11.6 Å². The summed E-state index contributed by atoms with van der Waals surface area (Å²) in [5.74, 6) is 4.36. The van der Waals surface area contributed by atoms with Crippen LogP contribution in [0.1, 0.15) is 15.9 Å². The topological polar surface area (TPSA) is 88.0 Å². The summed E-state index contributed by atoms with van der Waals surface area (Å²) in [6.45, 7) is 1.82. The minimum Gasteiger partial charge on any atom is -0.359 e. The molecule has 0 saturated heterocycles. The molecule has 2 aromatic rings. The first kappa shape index (κ1) is 11.6. The van der Waals surface area contributed by atoms with Gasteiger partial charge in [0.1, 0.15) is 5.56 Å². The van der Waals surface area contributed by atoms with E-state index in [1.807, 2.05) is 12.3 Å². The number of aryl methyl sites for hydroxylation is 1. The number of benzene rings is 1. The maximum absolute atomic E-state index is 12.0. The maximum atomic E-state index is 12.0. The van der Waals surface area contributed by atoms with E-state index in [1.54, 1.807) is 12.1 Å². The van der Waals surface area contributed by atoms with Crippen molar-refractivity contribution < 1.29 is 4.79 Å². The standard InChI is InChI=1S/C11H10ClN3O2/c1-5-2-6-9(8(12)3-5)14-4-7(10(6)16)11(17)15-13/h2-4H,13H2,1H3,(H,14,16)(H,15,17). The summed E-state index contributed by atoms with van der Waals surface area (Å²) in [6, 6.07) is 3.41. The van der Waals surface area contributed by atoms with Crippen molar-refractivity contribution in [3.8, 4) is 0 Å². The smallest absolute Gasteiger partial charge is 0.270 e. The van der Waals surface area contributed by atoms with Crippen LogP contribution in [0.3, 0.4) is 0 Å². The molecule has 17 heavy (non-hydrogen) atoms. The van der Waals surface area contributed by atoms with Crippen LogP contribution in [0.25, 0.3) is 10.9 Å². The summed E-state index contributed by atoms with van der Waals surface area (Å²) in [5.41, 5.74) is 2.84. The van der Waals surface area contributed by atoms with Gasteiger partial charge < -0.3 is 4.98 Å². The molecule has 0 atom stereocenters. The predicted molar refractivity (Wildman–Crippen MR) is 66.0 cm³/mol. The van der Waals surface area contributed by atoms with Crippen LogP contribution in [0.2, 0.25) is 5.02 Å². The highest BCUT2D eigenvalue weighted by Crippen LogP contribution is 2.21. The molecule has 0 aliphatic rings. The Morgan fingerprint density at radius 1 is 1.47 bits per heavy atom. The van der Waals surface area contributed by atoms with Crippen molar-refractivity contribution in [3.63, 3.8) is 0 Å². The molecule has 2 rings (SSSR count). The molecule has 0 unspecified atom stereocenters. The number of halogens is 1. The fourth-order valence-corrected chi connectivity index (χ4v) is 2.00. The Labute approximate surface area is 102 Å². The van der Waals surface area contributed by atoms with Gasteiger partial charge in [-0.1, -0.05) is 11.6 Å². The zero-order valence-corrected chi connectivity index (χ0v) is 9.76. The van der Waals surface area contributed by atoms with E-state index in [4.69, 9.17) is 17.4 Å². The summed E-state index contributed by atoms with van der Waals surface area (Å²) < 4.78 is 0. The van der Waals surface area contributed by atoms with Crippen LogP contribution in [-0.4, -0.2) is 10.9 Å². The number of carbonyl (C=O) groups is 1. The van der Waals surface area contributed by atoms with E-state index in [9.17, 15) is 9.59 Å². The van der Waals surface area contributed by atoms with Gasteiger partial charge in [0.25, 0.3) is 5.91 Å². The van der Waals surface area contributed by atoms with E-state index >= 15 is 0 Å². The number of rotatable bonds is 1. The van der Waals surface area contributed by atoms with Gasteiger partial charge in [-0.15, -0.1) is 0 Å². The minimum absolute atomic E-state index is 0.0401. The van der Waals surface area contributed by atoms with Crippen LogP contribution < -0.4 is 16.7 Å². The average molecular weight is 252 g/mol. The van der Waals surface area contributed by atoms with E-state index in [2.05, 4.69) is 4.98 Å². The van der Waals surface area contributed by atoms with Gasteiger partial charge in [0.15, 0.2) is 0 Å². The zero-order chi connectivity index (χ0) is 12.6. The fourth-order valence-electron chi connectivity index (χ4n) is 1.67. The summed E-state index contributed by atoms with van der Waals surface area (Å²) in [5, 5.41) is 0.813. The van der Waals surface area contributed by atoms with Crippen LogP contribution >= 0.6 is 11.6 Å². The molecule has 1 amide bonds. The summed E-state index contributed by atoms with van der Waals surface area (Å²) in [4.78, 5) is 26.2. The molecular formula is C11H10ClN3O2. The molecule has 88 valence electrons. The number of amides is 1. The number of nitrogen functional groups attached to an aromatic ring is 1. The number of pyridine rings is 1. The number of nitrogens with one attached hydrogen (secondary N) is 2. The zero-order valence-electron chi connectivity index (χ0n) is 9.00. The second-order valence-electron chi connectivity index (χ2n) is 3.67. The molecule has 0 bridgehead atoms. The lowest BCUT2D eigenvalue weighted by atomic mass is 10.1. The highest BCUT2D eigenvalue weighted by atomic mass is 35.5. The number of nitrogens with two attached hydrogens (primary N) is 1. The molecule has 0 aliphatic carbocycles. The highest BCUT2D eigenvalue weighted by molar-refractivity contribution is 6.35. The van der Waals surface area contributed by atoms with E-state index in [0.717, 1.165) is 5.56 Å². The van der Waals surface area contributed by atoms with Crippen LogP contribution in [0, 0.1) is 6.92 Å². The Hall–Kier alpha value is -1.85. The number of hydrogen-bond donors (Lipinski definition) is 3. The van der Waals surface area contributed by atoms with Gasteiger partial charge >= 0.3 is 0 Å². The molecule has 6 heteroatoms. The van der Waals surface area contributed by atoms with Gasteiger partial charge in [-0.05, 0) is 24.6 Å². The number of aromatic nitrogens is 1. The van der Waals surface area contributed by atoms with Crippen LogP contribution in [0.4, 0.5) is 0 Å². The fraction of sp³-hybridized carbons (Fsp3) is 0.0909. The van der Waals surface area contributed by atoms with Crippen molar-refractivity contribution in [1.29, 1.82) is 0 Å². The molecule has 0 aliphatic heterocycles. The van der Waals surface area contributed by atoms with Gasteiger partial charge in [0.2, 0.25) is 5.43 Å². The Morgan fingerprint density at radius 3 is 2.82 bits per heavy atom. The summed E-state index contributed by atoms with van der Waals surface area (Å²) in [6.07, 6.45) is 1.30. The van der Waals surface area contributed by atoms with Gasteiger partial charge in [0.05, 0.1) is 10.5 Å². The van der Waals surface area contributed by atoms with E-state index < -0.39 is 11.3 Å². The van der Waals surface area contributed by atoms with E-state index in [-0.39, 0.29) is 5.56 Å².